The molecule has 3 N–H and O–H groups in total. The molecule has 14 heteroatoms. The summed E-state index contributed by atoms with van der Waals surface area (Å²) in [5, 5.41) is 10.5. The van der Waals surface area contributed by atoms with Crippen molar-refractivity contribution < 1.29 is 41.1 Å². The topological polar surface area (TPSA) is 133 Å². The zero-order chi connectivity index (χ0) is 28.5. The first-order valence-corrected chi connectivity index (χ1v) is 13.4. The first kappa shape index (κ1) is 30.9. The molecule has 1 aliphatic rings. The molecule has 1 aliphatic heterocycles. The van der Waals surface area contributed by atoms with E-state index < -0.39 is 22.2 Å². The number of hydrogen-bond donors (Lipinski definition) is 3. The van der Waals surface area contributed by atoms with Gasteiger partial charge in [0, 0.05) is 35.9 Å². The number of benzene rings is 2. The molecule has 1 fully saturated rings. The monoisotopic (exact) mass is 577 g/mol. The third-order valence-electron chi connectivity index (χ3n) is 5.38. The van der Waals surface area contributed by atoms with Crippen molar-refractivity contribution in [1.29, 1.82) is 0 Å². The number of carbonyl (C=O) groups excluding carboxylic acids is 2. The standard InChI is InChI=1S/C22H26ClN3O4S.C2HF3O2/c1-2-13-24-21(27)17-4-3-14-26(15-17)22(28)16-5-9-19(10-6-16)25-31(29,30)20-11-7-18(23)8-12-20;3-2(4,5)1(6)7/h5-12,17,25H,2-4,13-15H2,1H3,(H,24,27);(H,6,7). The summed E-state index contributed by atoms with van der Waals surface area (Å²) in [5.41, 5.74) is 0.797. The van der Waals surface area contributed by atoms with E-state index in [0.29, 0.717) is 35.9 Å². The second-order valence-electron chi connectivity index (χ2n) is 8.32. The average molecular weight is 578 g/mol. The minimum atomic E-state index is -5.08. The van der Waals surface area contributed by atoms with Gasteiger partial charge in [-0.1, -0.05) is 18.5 Å². The van der Waals surface area contributed by atoms with Crippen LogP contribution in [0.15, 0.2) is 53.4 Å². The maximum Gasteiger partial charge on any atom is 0.490 e. The van der Waals surface area contributed by atoms with Crippen molar-refractivity contribution in [2.75, 3.05) is 24.4 Å². The van der Waals surface area contributed by atoms with Crippen LogP contribution in [0.4, 0.5) is 18.9 Å². The van der Waals surface area contributed by atoms with Gasteiger partial charge >= 0.3 is 12.1 Å². The number of nitrogens with zero attached hydrogens (tertiary/aromatic N) is 1. The number of nitrogens with one attached hydrogen (secondary N) is 2. The Kier molecular flexibility index (Phi) is 11.0. The summed E-state index contributed by atoms with van der Waals surface area (Å²) in [6.07, 6.45) is -2.67. The Morgan fingerprint density at radius 1 is 1.08 bits per heavy atom. The zero-order valence-corrected chi connectivity index (χ0v) is 21.9. The van der Waals surface area contributed by atoms with Gasteiger partial charge in [0.15, 0.2) is 0 Å². The van der Waals surface area contributed by atoms with E-state index in [1.807, 2.05) is 6.92 Å². The van der Waals surface area contributed by atoms with Gasteiger partial charge in [-0.2, -0.15) is 13.2 Å². The van der Waals surface area contributed by atoms with Crippen molar-refractivity contribution in [3.8, 4) is 0 Å². The van der Waals surface area contributed by atoms with E-state index in [-0.39, 0.29) is 22.6 Å². The number of piperidine rings is 1. The molecule has 0 aliphatic carbocycles. The lowest BCUT2D eigenvalue weighted by molar-refractivity contribution is -0.192. The van der Waals surface area contributed by atoms with Gasteiger partial charge in [-0.15, -0.1) is 0 Å². The zero-order valence-electron chi connectivity index (χ0n) is 20.3. The van der Waals surface area contributed by atoms with Gasteiger partial charge in [0.1, 0.15) is 0 Å². The second kappa shape index (κ2) is 13.5. The molecule has 2 aromatic rings. The Hall–Kier alpha value is -3.32. The highest BCUT2D eigenvalue weighted by Gasteiger charge is 2.38. The molecule has 0 bridgehead atoms. The maximum atomic E-state index is 12.9. The van der Waals surface area contributed by atoms with Crippen LogP contribution in [0.3, 0.4) is 0 Å². The quantitative estimate of drug-likeness (QED) is 0.453. The fraction of sp³-hybridized carbons (Fsp3) is 0.375. The van der Waals surface area contributed by atoms with Gasteiger partial charge in [0.2, 0.25) is 5.91 Å². The third-order valence-corrected chi connectivity index (χ3v) is 7.03. The van der Waals surface area contributed by atoms with Crippen molar-refractivity contribution >= 4 is 45.1 Å². The molecule has 1 saturated heterocycles. The van der Waals surface area contributed by atoms with Crippen LogP contribution in [0.25, 0.3) is 0 Å². The molecule has 208 valence electrons. The number of carbonyl (C=O) groups is 3. The van der Waals surface area contributed by atoms with Gasteiger partial charge in [-0.05, 0) is 67.8 Å². The molecule has 0 saturated carbocycles. The fourth-order valence-corrected chi connectivity index (χ4v) is 4.64. The minimum absolute atomic E-state index is 0.00805. The van der Waals surface area contributed by atoms with Crippen LogP contribution in [-0.4, -0.2) is 62.0 Å². The Morgan fingerprint density at radius 3 is 2.18 bits per heavy atom. The highest BCUT2D eigenvalue weighted by atomic mass is 35.5. The Balaban J connectivity index is 0.000000638. The van der Waals surface area contributed by atoms with E-state index in [4.69, 9.17) is 21.5 Å². The molecular formula is C24H27ClF3N3O6S. The molecule has 9 nitrogen and oxygen atoms in total. The molecule has 1 unspecified atom stereocenters. The number of alkyl halides is 3. The predicted octanol–water partition coefficient (Wildman–Crippen LogP) is 4.15. The summed E-state index contributed by atoms with van der Waals surface area (Å²) in [6, 6.07) is 12.1. The van der Waals surface area contributed by atoms with Gasteiger partial charge in [-0.3, -0.25) is 14.3 Å². The largest absolute Gasteiger partial charge is 0.490 e. The lowest BCUT2D eigenvalue weighted by Gasteiger charge is -2.32. The molecule has 3 rings (SSSR count). The van der Waals surface area contributed by atoms with Crippen molar-refractivity contribution in [3.05, 3.63) is 59.1 Å². The number of carboxylic acid groups (broad SMARTS) is 1. The first-order chi connectivity index (χ1) is 17.7. The van der Waals surface area contributed by atoms with Gasteiger partial charge in [-0.25, -0.2) is 13.2 Å². The number of sulfonamides is 1. The number of aliphatic carboxylic acids is 1. The van der Waals surface area contributed by atoms with Crippen LogP contribution in [-0.2, 0) is 19.6 Å². The van der Waals surface area contributed by atoms with Crippen molar-refractivity contribution in [3.63, 3.8) is 0 Å². The first-order valence-electron chi connectivity index (χ1n) is 11.5. The number of anilines is 1. The predicted molar refractivity (Wildman–Crippen MR) is 134 cm³/mol. The SMILES string of the molecule is CCCNC(=O)C1CCCN(C(=O)c2ccc(NS(=O)(=O)c3ccc(Cl)cc3)cc2)C1.O=C(O)C(F)(F)F. The molecule has 2 aromatic carbocycles. The summed E-state index contributed by atoms with van der Waals surface area (Å²) in [7, 11) is -3.76. The number of hydrogen-bond acceptors (Lipinski definition) is 5. The van der Waals surface area contributed by atoms with E-state index in [1.54, 1.807) is 29.2 Å². The van der Waals surface area contributed by atoms with E-state index >= 15 is 0 Å². The molecule has 1 heterocycles. The smallest absolute Gasteiger partial charge is 0.475 e. The number of amides is 2. The van der Waals surface area contributed by atoms with Crippen molar-refractivity contribution in [2.45, 2.75) is 37.3 Å². The molecule has 2 amide bonds. The van der Waals surface area contributed by atoms with E-state index in [9.17, 15) is 31.2 Å². The molecule has 0 spiro atoms. The molecule has 1 atom stereocenters. The molecular weight excluding hydrogens is 551 g/mol. The van der Waals surface area contributed by atoms with Crippen LogP contribution in [0.5, 0.6) is 0 Å². The van der Waals surface area contributed by atoms with Crippen LogP contribution in [0.2, 0.25) is 5.02 Å². The molecule has 38 heavy (non-hydrogen) atoms. The lowest BCUT2D eigenvalue weighted by Crippen LogP contribution is -2.45. The number of halogens is 4. The maximum absolute atomic E-state index is 12.9. The number of rotatable bonds is 7. The number of likely N-dealkylation sites (tertiary alicyclic amines) is 1. The number of carboxylic acids is 1. The van der Waals surface area contributed by atoms with E-state index in [2.05, 4.69) is 10.0 Å². The van der Waals surface area contributed by atoms with E-state index in [0.717, 1.165) is 19.3 Å². The second-order valence-corrected chi connectivity index (χ2v) is 10.4. The Morgan fingerprint density at radius 2 is 1.66 bits per heavy atom. The lowest BCUT2D eigenvalue weighted by atomic mass is 9.96. The third kappa shape index (κ3) is 9.21. The highest BCUT2D eigenvalue weighted by Crippen LogP contribution is 2.22. The highest BCUT2D eigenvalue weighted by molar-refractivity contribution is 7.92. The van der Waals surface area contributed by atoms with Crippen LogP contribution in [0, 0.1) is 5.92 Å². The Labute approximate surface area is 223 Å². The average Bonchev–Trinajstić information content (AvgIpc) is 2.87. The van der Waals surface area contributed by atoms with Gasteiger partial charge < -0.3 is 15.3 Å². The summed E-state index contributed by atoms with van der Waals surface area (Å²) >= 11 is 5.81. The summed E-state index contributed by atoms with van der Waals surface area (Å²) in [5.74, 6) is -3.13. The molecule has 0 aromatic heterocycles. The summed E-state index contributed by atoms with van der Waals surface area (Å²) < 4.78 is 59.2. The van der Waals surface area contributed by atoms with Gasteiger partial charge in [0.25, 0.3) is 15.9 Å². The van der Waals surface area contributed by atoms with Crippen molar-refractivity contribution in [2.24, 2.45) is 5.92 Å². The normalized spacial score (nSPS) is 15.6. The summed E-state index contributed by atoms with van der Waals surface area (Å²) in [6.45, 7) is 3.62. The van der Waals surface area contributed by atoms with E-state index in [1.165, 1.54) is 24.3 Å². The van der Waals surface area contributed by atoms with Crippen molar-refractivity contribution in [1.82, 2.24) is 10.2 Å². The fourth-order valence-electron chi connectivity index (χ4n) is 3.46. The van der Waals surface area contributed by atoms with Crippen LogP contribution < -0.4 is 10.0 Å². The van der Waals surface area contributed by atoms with Crippen LogP contribution >= 0.6 is 11.6 Å². The minimum Gasteiger partial charge on any atom is -0.475 e. The van der Waals surface area contributed by atoms with Crippen LogP contribution in [0.1, 0.15) is 36.5 Å². The Bertz CT molecular complexity index is 1220. The molecule has 0 radical (unpaired) electrons. The van der Waals surface area contributed by atoms with Gasteiger partial charge in [0.05, 0.1) is 10.8 Å². The summed E-state index contributed by atoms with van der Waals surface area (Å²) in [4.78, 5) is 35.8.